The number of ether oxygens (including phenoxy) is 1. The Morgan fingerprint density at radius 2 is 0.718 bits per heavy atom. The molecule has 4 fully saturated rings. The van der Waals surface area contributed by atoms with Gasteiger partial charge in [-0.3, -0.25) is 51.4 Å². The second kappa shape index (κ2) is 39.5. The first-order chi connectivity index (χ1) is 63.0. The number of nitrogens with zero attached hydrogens (tertiary/aromatic N) is 9. The number of rotatable bonds is 17. The zero-order valence-corrected chi connectivity index (χ0v) is 76.7. The second-order valence-corrected chi connectivity index (χ2v) is 40.8. The number of fused-ring (bicyclic) bond motifs is 3. The van der Waals surface area contributed by atoms with Crippen molar-refractivity contribution in [3.63, 3.8) is 0 Å². The SMILES string of the molecule is O=C(Nc1ccc(Cl)c(Oc2cccc(Cl)c2)c1)c1ccc(N2CCCS2(=O)=O)cc1Cl.O=C(Nc1cccc(-c2ccc3ccccc3n2)c1)c1ccc(N2CCCS2(=O)=O)cc1Cl.O=C(Nc1cccc(-c2ccc3ncccc3n2)c1)c1ccc(N2CCCS2(=O)=O)cc1Cl.O=C(Nc1cccc(-c2nccc3ncccc23)c1)c1ccc(N2CCCS2(=O)=O)cc1Cl. The molecule has 664 valence electrons. The molecule has 15 aromatic rings. The molecule has 0 spiro atoms. The van der Waals surface area contributed by atoms with E-state index < -0.39 is 46.0 Å². The van der Waals surface area contributed by atoms with Crippen LogP contribution in [0.5, 0.6) is 11.5 Å². The van der Waals surface area contributed by atoms with Crippen molar-refractivity contribution in [2.24, 2.45) is 0 Å². The molecule has 131 heavy (non-hydrogen) atoms. The average molecular weight is 1950 g/mol. The topological polar surface area (TPSA) is 340 Å². The summed E-state index contributed by atoms with van der Waals surface area (Å²) in [6.45, 7) is 1.63. The van der Waals surface area contributed by atoms with E-state index in [1.165, 1.54) is 47.6 Å². The zero-order valence-electron chi connectivity index (χ0n) is 68.9. The molecule has 4 aliphatic rings. The van der Waals surface area contributed by atoms with Crippen LogP contribution in [0.2, 0.25) is 30.1 Å². The maximum Gasteiger partial charge on any atom is 0.257 e. The highest BCUT2D eigenvalue weighted by atomic mass is 35.5. The molecule has 0 bridgehead atoms. The summed E-state index contributed by atoms with van der Waals surface area (Å²) in [5.41, 5.74) is 13.3. The Kier molecular flexibility index (Phi) is 27.5. The number of aromatic nitrogens is 5. The van der Waals surface area contributed by atoms with Crippen molar-refractivity contribution in [1.29, 1.82) is 0 Å². The van der Waals surface area contributed by atoms with Crippen LogP contribution in [-0.4, -0.2) is 131 Å². The Hall–Kier alpha value is -12.9. The van der Waals surface area contributed by atoms with Crippen molar-refractivity contribution >= 4 is 212 Å². The van der Waals surface area contributed by atoms with Gasteiger partial charge in [0.15, 0.2) is 0 Å². The predicted molar refractivity (Wildman–Crippen MR) is 521 cm³/mol. The average Bonchev–Trinajstić information content (AvgIpc) is 1.64. The van der Waals surface area contributed by atoms with E-state index >= 15 is 0 Å². The highest BCUT2D eigenvalue weighted by molar-refractivity contribution is 7.94. The van der Waals surface area contributed by atoms with E-state index in [9.17, 15) is 52.8 Å². The maximum absolute atomic E-state index is 12.9. The van der Waals surface area contributed by atoms with Gasteiger partial charge in [0.1, 0.15) is 11.5 Å². The normalized spacial score (nSPS) is 15.0. The molecule has 4 saturated heterocycles. The maximum atomic E-state index is 12.9. The number of benzene rings is 10. The fourth-order valence-corrected chi connectivity index (χ4v) is 22.6. The number of carbonyl (C=O) groups excluding carboxylic acids is 4. The fourth-order valence-electron chi connectivity index (χ4n) is 15.0. The Morgan fingerprint density at radius 1 is 0.313 bits per heavy atom. The molecule has 19 rings (SSSR count). The molecule has 4 aliphatic heterocycles. The molecule has 26 nitrogen and oxygen atoms in total. The van der Waals surface area contributed by atoms with Gasteiger partial charge in [-0.2, -0.15) is 0 Å². The number of para-hydroxylation sites is 1. The van der Waals surface area contributed by atoms with Crippen molar-refractivity contribution in [2.45, 2.75) is 25.7 Å². The molecule has 9 heterocycles. The van der Waals surface area contributed by atoms with Gasteiger partial charge in [-0.05, 0) is 220 Å². The highest BCUT2D eigenvalue weighted by Gasteiger charge is 2.34. The molecule has 0 radical (unpaired) electrons. The summed E-state index contributed by atoms with van der Waals surface area (Å²) in [6.07, 6.45) is 7.43. The number of hydrogen-bond acceptors (Lipinski definition) is 18. The lowest BCUT2D eigenvalue weighted by Gasteiger charge is -2.18. The molecular weight excluding hydrogens is 1870 g/mol. The summed E-state index contributed by atoms with van der Waals surface area (Å²) < 4.78 is 108. The third kappa shape index (κ3) is 21.4. The molecule has 4 N–H and O–H groups in total. The van der Waals surface area contributed by atoms with Crippen LogP contribution in [0.1, 0.15) is 67.1 Å². The minimum atomic E-state index is -3.34. The number of hydrogen-bond donors (Lipinski definition) is 4. The van der Waals surface area contributed by atoms with Gasteiger partial charge >= 0.3 is 0 Å². The van der Waals surface area contributed by atoms with Gasteiger partial charge in [-0.25, -0.2) is 43.6 Å². The van der Waals surface area contributed by atoms with Gasteiger partial charge in [0.2, 0.25) is 40.1 Å². The lowest BCUT2D eigenvalue weighted by atomic mass is 10.1. The van der Waals surface area contributed by atoms with Crippen molar-refractivity contribution in [3.8, 4) is 45.3 Å². The fraction of sp³-hybridized carbons (Fsp3) is 0.126. The number of nitrogens with one attached hydrogen (secondary N) is 4. The smallest absolute Gasteiger partial charge is 0.257 e. The van der Waals surface area contributed by atoms with Crippen LogP contribution in [0.4, 0.5) is 45.5 Å². The molecule has 0 saturated carbocycles. The largest absolute Gasteiger partial charge is 0.456 e. The number of amides is 4. The Bertz CT molecular complexity index is 7290. The lowest BCUT2D eigenvalue weighted by Crippen LogP contribution is -2.25. The summed E-state index contributed by atoms with van der Waals surface area (Å²) >= 11 is 37.6. The van der Waals surface area contributed by atoms with Gasteiger partial charge in [-0.15, -0.1) is 0 Å². The summed E-state index contributed by atoms with van der Waals surface area (Å²) in [7, 11) is -13.3. The monoisotopic (exact) mass is 1940 g/mol. The molecule has 5 aromatic heterocycles. The van der Waals surface area contributed by atoms with E-state index in [1.54, 1.807) is 122 Å². The van der Waals surface area contributed by atoms with Gasteiger partial charge in [0.05, 0.1) is 132 Å². The number of carbonyl (C=O) groups is 4. The van der Waals surface area contributed by atoms with E-state index in [2.05, 4.69) is 41.2 Å². The third-order valence-electron chi connectivity index (χ3n) is 21.4. The molecule has 0 unspecified atom stereocenters. The third-order valence-corrected chi connectivity index (χ3v) is 30.6. The first kappa shape index (κ1) is 91.5. The van der Waals surface area contributed by atoms with Crippen molar-refractivity contribution in [3.05, 3.63) is 338 Å². The quantitative estimate of drug-likeness (QED) is 0.0658. The molecule has 10 aromatic carbocycles. The standard InChI is InChI=1S/C25H20ClN3O3S.2C24H19ClN4O3S.C22H17Cl3N2O4S/c26-22-16-20(29-13-4-14-33(29,31)32)10-11-21(22)25(30)27-19-7-3-6-18(15-19)24-12-9-17-5-1-2-8-23(17)28-24;25-20-15-18(29-12-3-13-33(29,31)32)7-8-19(20)24(30)27-17-5-1-4-16(14-17)21-9-10-22-23(28-21)6-2-11-26-22;25-21-15-18(29-12-3-13-33(29,31)32)7-8-19(21)24(30)28-17-5-1-4-16(14-17)23-20-6-2-10-26-22(20)9-11-27-23;23-14-3-1-4-17(11-14)31-21-12-15(5-8-19(21)24)26-22(28)18-7-6-16(13-20(18)25)27-9-2-10-32(27,29)30/h1-3,5-12,15-16H,4,13-14H2,(H,27,30);1-2,4-11,14-15H,3,12-13H2,(H,27,30);1-2,4-11,14-15H,3,12-13H2,(H,28,30);1,3-8,11-13H,2,9-10H2,(H,26,28). The van der Waals surface area contributed by atoms with E-state index in [0.29, 0.717) is 119 Å². The molecule has 0 atom stereocenters. The van der Waals surface area contributed by atoms with Gasteiger partial charge in [0, 0.05) is 106 Å². The number of anilines is 8. The van der Waals surface area contributed by atoms with Crippen LogP contribution in [0.25, 0.3) is 66.6 Å². The molecule has 36 heteroatoms. The van der Waals surface area contributed by atoms with Crippen LogP contribution >= 0.6 is 69.6 Å². The van der Waals surface area contributed by atoms with Crippen LogP contribution < -0.4 is 43.2 Å². The molecular formula is C95H75Cl6N13O13S4. The number of sulfonamides is 4. The van der Waals surface area contributed by atoms with Crippen molar-refractivity contribution in [2.75, 3.05) is 87.7 Å². The van der Waals surface area contributed by atoms with Gasteiger partial charge in [0.25, 0.3) is 23.6 Å². The summed E-state index contributed by atoms with van der Waals surface area (Å²) in [4.78, 5) is 73.9. The first-order valence-electron chi connectivity index (χ1n) is 40.7. The Morgan fingerprint density at radius 3 is 1.17 bits per heavy atom. The second-order valence-electron chi connectivity index (χ2n) is 30.2. The first-order valence-corrected chi connectivity index (χ1v) is 49.4. The Balaban J connectivity index is 0.000000128. The molecule has 0 aliphatic carbocycles. The summed E-state index contributed by atoms with van der Waals surface area (Å²) in [6, 6.07) is 77.5. The predicted octanol–water partition coefficient (Wildman–Crippen LogP) is 21.1. The molecule has 4 amide bonds. The zero-order chi connectivity index (χ0) is 91.9. The van der Waals surface area contributed by atoms with Crippen LogP contribution in [0.3, 0.4) is 0 Å². The van der Waals surface area contributed by atoms with Gasteiger partial charge in [-0.1, -0.05) is 136 Å². The lowest BCUT2D eigenvalue weighted by molar-refractivity contribution is 0.101. The Labute approximate surface area is 784 Å². The van der Waals surface area contributed by atoms with E-state index in [0.717, 1.165) is 66.6 Å². The number of halogens is 6. The van der Waals surface area contributed by atoms with E-state index in [-0.39, 0.29) is 83.1 Å². The van der Waals surface area contributed by atoms with Crippen LogP contribution in [-0.2, 0) is 40.1 Å². The number of pyridine rings is 5. The summed E-state index contributed by atoms with van der Waals surface area (Å²) in [5, 5.41) is 14.9. The minimum Gasteiger partial charge on any atom is -0.456 e. The van der Waals surface area contributed by atoms with Gasteiger partial charge < -0.3 is 26.0 Å². The highest BCUT2D eigenvalue weighted by Crippen LogP contribution is 2.39. The van der Waals surface area contributed by atoms with Crippen LogP contribution in [0.15, 0.2) is 286 Å². The summed E-state index contributed by atoms with van der Waals surface area (Å²) in [5.74, 6) is -0.314. The van der Waals surface area contributed by atoms with E-state index in [4.69, 9.17) is 79.3 Å². The van der Waals surface area contributed by atoms with Crippen molar-refractivity contribution < 1.29 is 57.6 Å². The minimum absolute atomic E-state index is 0.100. The van der Waals surface area contributed by atoms with Crippen LogP contribution in [0, 0.1) is 0 Å². The van der Waals surface area contributed by atoms with E-state index in [1.807, 2.05) is 133 Å². The van der Waals surface area contributed by atoms with Crippen molar-refractivity contribution in [1.82, 2.24) is 24.9 Å².